The Labute approximate surface area is 319 Å². The van der Waals surface area contributed by atoms with E-state index in [9.17, 15) is 30.7 Å². The number of halogens is 8. The number of anilines is 4. The zero-order chi connectivity index (χ0) is 39.5. The van der Waals surface area contributed by atoms with E-state index in [1.807, 2.05) is 4.90 Å². The fraction of sp³-hybridized carbons (Fsp3) is 0.333. The lowest BCUT2D eigenvalue weighted by Gasteiger charge is -2.34. The summed E-state index contributed by atoms with van der Waals surface area (Å²) in [5.41, 5.74) is -0.953. The number of aromatic nitrogens is 8. The molecule has 6 aromatic rings. The van der Waals surface area contributed by atoms with E-state index in [1.165, 1.54) is 24.3 Å². The van der Waals surface area contributed by atoms with E-state index in [1.54, 1.807) is 41.6 Å². The molecule has 0 amide bonds. The summed E-state index contributed by atoms with van der Waals surface area (Å²) in [6.07, 6.45) is -2.96. The highest BCUT2D eigenvalue weighted by molar-refractivity contribution is 6.20. The van der Waals surface area contributed by atoms with E-state index in [0.717, 1.165) is 25.2 Å². The van der Waals surface area contributed by atoms with Gasteiger partial charge >= 0.3 is 12.4 Å². The fourth-order valence-electron chi connectivity index (χ4n) is 6.12. The van der Waals surface area contributed by atoms with Crippen LogP contribution in [0.25, 0.3) is 22.1 Å². The number of alkyl halides is 8. The molecule has 2 aliphatic rings. The van der Waals surface area contributed by atoms with Gasteiger partial charge in [0.1, 0.15) is 29.2 Å². The van der Waals surface area contributed by atoms with Gasteiger partial charge in [-0.15, -0.1) is 11.6 Å². The maximum atomic E-state index is 13.2. The molecule has 0 aliphatic carbocycles. The molecule has 8 heterocycles. The summed E-state index contributed by atoms with van der Waals surface area (Å²) in [6, 6.07) is 12.6. The molecule has 0 radical (unpaired) electrons. The largest absolute Gasteiger partial charge is 0.433 e. The van der Waals surface area contributed by atoms with Crippen LogP contribution in [0.15, 0.2) is 73.3 Å². The van der Waals surface area contributed by atoms with Gasteiger partial charge in [0, 0.05) is 67.5 Å². The molecule has 0 spiro atoms. The van der Waals surface area contributed by atoms with Crippen molar-refractivity contribution < 1.29 is 30.7 Å². The molecule has 2 aliphatic heterocycles. The highest BCUT2D eigenvalue weighted by Crippen LogP contribution is 2.33. The Bertz CT molecular complexity index is 2300. The van der Waals surface area contributed by atoms with Gasteiger partial charge in [-0.2, -0.15) is 46.3 Å². The molecule has 20 heteroatoms. The van der Waals surface area contributed by atoms with E-state index < -0.39 is 29.9 Å². The van der Waals surface area contributed by atoms with Crippen LogP contribution in [0.2, 0.25) is 0 Å². The number of pyridine rings is 4. The molecule has 0 atom stereocenters. The molecule has 0 saturated carbocycles. The van der Waals surface area contributed by atoms with Crippen molar-refractivity contribution in [3.63, 3.8) is 0 Å². The van der Waals surface area contributed by atoms with E-state index in [2.05, 4.69) is 50.5 Å². The van der Waals surface area contributed by atoms with E-state index in [-0.39, 0.29) is 42.7 Å². The molecule has 0 aromatic carbocycles. The van der Waals surface area contributed by atoms with Crippen LogP contribution in [0.4, 0.5) is 54.3 Å². The first-order chi connectivity index (χ1) is 26.8. The zero-order valence-electron chi connectivity index (χ0n) is 29.2. The number of hydrogen-bond acceptors (Lipinski definition) is 12. The molecule has 292 valence electrons. The van der Waals surface area contributed by atoms with Crippen molar-refractivity contribution in [3.05, 3.63) is 95.8 Å². The molecule has 12 nitrogen and oxygen atoms in total. The number of rotatable bonds is 8. The Morgan fingerprint density at radius 1 is 0.607 bits per heavy atom. The minimum absolute atomic E-state index is 0.00465. The predicted octanol–water partition coefficient (Wildman–Crippen LogP) is 7.47. The maximum absolute atomic E-state index is 13.2. The molecule has 56 heavy (non-hydrogen) atoms. The summed E-state index contributed by atoms with van der Waals surface area (Å²) >= 11 is 6.17. The summed E-state index contributed by atoms with van der Waals surface area (Å²) in [7, 11) is 0. The summed E-state index contributed by atoms with van der Waals surface area (Å²) in [4.78, 5) is 36.8. The van der Waals surface area contributed by atoms with Crippen LogP contribution >= 0.6 is 11.6 Å². The van der Waals surface area contributed by atoms with Gasteiger partial charge in [-0.1, -0.05) is 12.1 Å². The number of fused-ring (bicyclic) bond motifs is 2. The predicted molar refractivity (Wildman–Crippen MR) is 196 cm³/mol. The summed E-state index contributed by atoms with van der Waals surface area (Å²) in [5, 5.41) is 7.28. The Balaban J connectivity index is 0.000000172. The SMILES string of the molecule is FC(F)(F)c1ncccc1CNc1nc(N2CCC(Cl)CC2)nc2ncccc12.FC1CN(c2nc(NCc3cccnc3C(F)(F)F)c3cccnc3n2)C1. The molecule has 2 saturated heterocycles. The topological polar surface area (TPSA) is 134 Å². The highest BCUT2D eigenvalue weighted by atomic mass is 35.5. The van der Waals surface area contributed by atoms with Gasteiger partial charge in [0.2, 0.25) is 11.9 Å². The third-order valence-electron chi connectivity index (χ3n) is 8.96. The highest BCUT2D eigenvalue weighted by Gasteiger charge is 2.36. The van der Waals surface area contributed by atoms with E-state index >= 15 is 0 Å². The molecule has 6 aromatic heterocycles. The summed E-state index contributed by atoms with van der Waals surface area (Å²) in [5.74, 6) is 1.55. The lowest BCUT2D eigenvalue weighted by Crippen LogP contribution is -2.49. The van der Waals surface area contributed by atoms with Gasteiger partial charge in [-0.05, 0) is 49.2 Å². The average Bonchev–Trinajstić information content (AvgIpc) is 3.17. The average molecular weight is 801 g/mol. The minimum atomic E-state index is -4.55. The van der Waals surface area contributed by atoms with Gasteiger partial charge in [-0.25, -0.2) is 14.4 Å². The first-order valence-electron chi connectivity index (χ1n) is 17.4. The van der Waals surface area contributed by atoms with Crippen molar-refractivity contribution >= 4 is 57.2 Å². The molecule has 8 rings (SSSR count). The Morgan fingerprint density at radius 2 is 1.04 bits per heavy atom. The van der Waals surface area contributed by atoms with Crippen LogP contribution in [0.1, 0.15) is 35.4 Å². The maximum Gasteiger partial charge on any atom is 0.433 e. The van der Waals surface area contributed by atoms with Crippen LogP contribution < -0.4 is 20.4 Å². The van der Waals surface area contributed by atoms with Crippen molar-refractivity contribution in [1.82, 2.24) is 39.9 Å². The number of nitrogens with one attached hydrogen (secondary N) is 2. The second kappa shape index (κ2) is 16.2. The third-order valence-corrected chi connectivity index (χ3v) is 9.39. The van der Waals surface area contributed by atoms with Gasteiger partial charge in [0.25, 0.3) is 0 Å². The number of piperidine rings is 1. The van der Waals surface area contributed by atoms with Crippen molar-refractivity contribution in [2.45, 2.75) is 49.8 Å². The first-order valence-corrected chi connectivity index (χ1v) is 17.8. The van der Waals surface area contributed by atoms with Crippen molar-refractivity contribution in [1.29, 1.82) is 0 Å². The summed E-state index contributed by atoms with van der Waals surface area (Å²) < 4.78 is 92.2. The van der Waals surface area contributed by atoms with Crippen molar-refractivity contribution in [3.8, 4) is 0 Å². The lowest BCUT2D eigenvalue weighted by atomic mass is 10.1. The van der Waals surface area contributed by atoms with Crippen molar-refractivity contribution in [2.75, 3.05) is 46.6 Å². The standard InChI is InChI=1S/C19H18ClF3N6.C17H14F4N6/c20-13-5-9-29(10-6-13)18-27-16-14(4-2-8-25-16)17(28-18)26-11-12-3-1-7-24-15(12)19(21,22)23;18-11-8-27(9-11)16-25-14-12(4-2-6-23-14)15(26-16)24-7-10-3-1-5-22-13(10)17(19,20)21/h1-4,7-8,13H,5-6,9-11H2,(H,25,26,27,28);1-6,11H,7-9H2,(H,23,24,25,26). The molecule has 0 unspecified atom stereocenters. The zero-order valence-corrected chi connectivity index (χ0v) is 30.0. The fourth-order valence-corrected chi connectivity index (χ4v) is 6.32. The van der Waals surface area contributed by atoms with E-state index in [0.29, 0.717) is 58.7 Å². The first kappa shape index (κ1) is 38.6. The Morgan fingerprint density at radius 3 is 1.48 bits per heavy atom. The number of nitrogens with zero attached hydrogens (tertiary/aromatic N) is 10. The molecule has 2 fully saturated rings. The number of hydrogen-bond donors (Lipinski definition) is 2. The molecular weight excluding hydrogens is 769 g/mol. The monoisotopic (exact) mass is 800 g/mol. The Kier molecular flexibility index (Phi) is 11.1. The van der Waals surface area contributed by atoms with Gasteiger partial charge < -0.3 is 20.4 Å². The van der Waals surface area contributed by atoms with Crippen LogP contribution in [-0.2, 0) is 25.4 Å². The van der Waals surface area contributed by atoms with Crippen LogP contribution in [0.5, 0.6) is 0 Å². The van der Waals surface area contributed by atoms with Gasteiger partial charge in [-0.3, -0.25) is 9.97 Å². The molecule has 2 N–H and O–H groups in total. The van der Waals surface area contributed by atoms with Crippen molar-refractivity contribution in [2.24, 2.45) is 0 Å². The smallest absolute Gasteiger partial charge is 0.365 e. The van der Waals surface area contributed by atoms with E-state index in [4.69, 9.17) is 11.6 Å². The van der Waals surface area contributed by atoms with Crippen LogP contribution in [0, 0.1) is 0 Å². The summed E-state index contributed by atoms with van der Waals surface area (Å²) in [6.45, 7) is 1.58. The van der Waals surface area contributed by atoms with Gasteiger partial charge in [0.15, 0.2) is 11.3 Å². The lowest BCUT2D eigenvalue weighted by molar-refractivity contribution is -0.142. The van der Waals surface area contributed by atoms with Crippen LogP contribution in [0.3, 0.4) is 0 Å². The minimum Gasteiger partial charge on any atom is -0.365 e. The quantitative estimate of drug-likeness (QED) is 0.117. The van der Waals surface area contributed by atoms with Gasteiger partial charge in [0.05, 0.1) is 23.9 Å². The molecular formula is C36H32ClF7N12. The second-order valence-electron chi connectivity index (χ2n) is 12.9. The second-order valence-corrected chi connectivity index (χ2v) is 13.5. The van der Waals surface area contributed by atoms with Crippen LogP contribution in [-0.4, -0.2) is 77.6 Å². The molecule has 0 bridgehead atoms. The third kappa shape index (κ3) is 8.87. The normalized spacial score (nSPS) is 15.4. The Hall–Kier alpha value is -5.72.